The molecule has 0 saturated carbocycles. The molecule has 2 rings (SSSR count). The van der Waals surface area contributed by atoms with Crippen LogP contribution >= 0.6 is 12.4 Å². The van der Waals surface area contributed by atoms with Crippen LogP contribution in [-0.2, 0) is 0 Å². The Morgan fingerprint density at radius 1 is 1.47 bits per heavy atom. The molecule has 0 amide bonds. The molecular weight excluding hydrogens is 214 g/mol. The van der Waals surface area contributed by atoms with E-state index in [2.05, 4.69) is 6.07 Å². The van der Waals surface area contributed by atoms with E-state index in [1.165, 1.54) is 0 Å². The first-order valence-corrected chi connectivity index (χ1v) is 4.79. The molecule has 4 heteroatoms. The summed E-state index contributed by atoms with van der Waals surface area (Å²) < 4.78 is 10.8. The fourth-order valence-electron chi connectivity index (χ4n) is 1.79. The second-order valence-electron chi connectivity index (χ2n) is 3.63. The lowest BCUT2D eigenvalue weighted by Crippen LogP contribution is -2.21. The second kappa shape index (κ2) is 4.73. The van der Waals surface area contributed by atoms with Gasteiger partial charge >= 0.3 is 0 Å². The third-order valence-corrected chi connectivity index (χ3v) is 2.52. The molecule has 0 saturated heterocycles. The number of hydrogen-bond donors (Lipinski definition) is 1. The van der Waals surface area contributed by atoms with Crippen LogP contribution in [0.15, 0.2) is 12.1 Å². The average Bonchev–Trinajstić information content (AvgIpc) is 2.18. The Bertz CT molecular complexity index is 355. The standard InChI is InChI=1S/C11H15NO2.ClH/c1-7-5-8-9(12)3-4-14-11(8)10(6-7)13-2;/h5-6,9H,3-4,12H2,1-2H3;1H/t9-;/m1./s1. The molecule has 0 bridgehead atoms. The summed E-state index contributed by atoms with van der Waals surface area (Å²) in [7, 11) is 1.65. The Morgan fingerprint density at radius 3 is 2.87 bits per heavy atom. The van der Waals surface area contributed by atoms with Crippen molar-refractivity contribution in [1.29, 1.82) is 0 Å². The maximum atomic E-state index is 6.00. The van der Waals surface area contributed by atoms with Crippen molar-refractivity contribution >= 4 is 12.4 Å². The molecule has 3 nitrogen and oxygen atoms in total. The van der Waals surface area contributed by atoms with Crippen molar-refractivity contribution in [2.75, 3.05) is 13.7 Å². The Labute approximate surface area is 96.0 Å². The lowest BCUT2D eigenvalue weighted by molar-refractivity contribution is 0.252. The third-order valence-electron chi connectivity index (χ3n) is 2.52. The van der Waals surface area contributed by atoms with Gasteiger partial charge in [0.25, 0.3) is 0 Å². The Kier molecular flexibility index (Phi) is 3.83. The van der Waals surface area contributed by atoms with E-state index in [-0.39, 0.29) is 18.4 Å². The van der Waals surface area contributed by atoms with Gasteiger partial charge in [-0.15, -0.1) is 12.4 Å². The Hall–Kier alpha value is -0.930. The van der Waals surface area contributed by atoms with Crippen LogP contribution in [0.4, 0.5) is 0 Å². The number of nitrogens with two attached hydrogens (primary N) is 1. The summed E-state index contributed by atoms with van der Waals surface area (Å²) in [5, 5.41) is 0. The smallest absolute Gasteiger partial charge is 0.165 e. The number of halogens is 1. The third kappa shape index (κ3) is 2.19. The van der Waals surface area contributed by atoms with Crippen LogP contribution in [0.5, 0.6) is 11.5 Å². The van der Waals surface area contributed by atoms with E-state index in [1.807, 2.05) is 13.0 Å². The highest BCUT2D eigenvalue weighted by atomic mass is 35.5. The molecule has 15 heavy (non-hydrogen) atoms. The van der Waals surface area contributed by atoms with Crippen molar-refractivity contribution in [3.05, 3.63) is 23.3 Å². The number of benzene rings is 1. The number of rotatable bonds is 1. The number of ether oxygens (including phenoxy) is 2. The van der Waals surface area contributed by atoms with Gasteiger partial charge in [0, 0.05) is 18.0 Å². The average molecular weight is 230 g/mol. The highest BCUT2D eigenvalue weighted by molar-refractivity contribution is 5.85. The molecule has 1 aliphatic heterocycles. The maximum absolute atomic E-state index is 6.00. The molecule has 1 aromatic carbocycles. The van der Waals surface area contributed by atoms with Gasteiger partial charge in [-0.3, -0.25) is 0 Å². The van der Waals surface area contributed by atoms with Crippen LogP contribution < -0.4 is 15.2 Å². The van der Waals surface area contributed by atoms with Gasteiger partial charge < -0.3 is 15.2 Å². The highest BCUT2D eigenvalue weighted by Crippen LogP contribution is 2.39. The number of hydrogen-bond acceptors (Lipinski definition) is 3. The number of aryl methyl sites for hydroxylation is 1. The summed E-state index contributed by atoms with van der Waals surface area (Å²) in [4.78, 5) is 0. The van der Waals surface area contributed by atoms with Crippen molar-refractivity contribution in [2.45, 2.75) is 19.4 Å². The van der Waals surface area contributed by atoms with E-state index < -0.39 is 0 Å². The van der Waals surface area contributed by atoms with Crippen LogP contribution in [0.3, 0.4) is 0 Å². The summed E-state index contributed by atoms with van der Waals surface area (Å²) >= 11 is 0. The largest absolute Gasteiger partial charge is 0.493 e. The second-order valence-corrected chi connectivity index (χ2v) is 3.63. The highest BCUT2D eigenvalue weighted by Gasteiger charge is 2.21. The zero-order valence-electron chi connectivity index (χ0n) is 8.95. The summed E-state index contributed by atoms with van der Waals surface area (Å²) in [6.45, 7) is 2.71. The van der Waals surface area contributed by atoms with Crippen LogP contribution in [0, 0.1) is 6.92 Å². The van der Waals surface area contributed by atoms with Gasteiger partial charge in [-0.1, -0.05) is 6.07 Å². The zero-order valence-corrected chi connectivity index (χ0v) is 9.76. The van der Waals surface area contributed by atoms with Crippen molar-refractivity contribution in [1.82, 2.24) is 0 Å². The van der Waals surface area contributed by atoms with E-state index in [0.717, 1.165) is 29.0 Å². The molecular formula is C11H16ClNO2. The van der Waals surface area contributed by atoms with E-state index in [1.54, 1.807) is 7.11 Å². The summed E-state index contributed by atoms with van der Waals surface area (Å²) in [5.74, 6) is 1.60. The number of fused-ring (bicyclic) bond motifs is 1. The van der Waals surface area contributed by atoms with Gasteiger partial charge in [-0.25, -0.2) is 0 Å². The first-order chi connectivity index (χ1) is 6.72. The van der Waals surface area contributed by atoms with Crippen molar-refractivity contribution in [2.24, 2.45) is 5.73 Å². The van der Waals surface area contributed by atoms with E-state index in [0.29, 0.717) is 6.61 Å². The SMILES string of the molecule is COc1cc(C)cc2c1OCC[C@H]2N.Cl. The summed E-state index contributed by atoms with van der Waals surface area (Å²) in [6, 6.07) is 4.12. The molecule has 0 aliphatic carbocycles. The quantitative estimate of drug-likeness (QED) is 0.803. The Balaban J connectivity index is 0.00000112. The van der Waals surface area contributed by atoms with Gasteiger partial charge in [-0.2, -0.15) is 0 Å². The first-order valence-electron chi connectivity index (χ1n) is 4.79. The maximum Gasteiger partial charge on any atom is 0.165 e. The monoisotopic (exact) mass is 229 g/mol. The van der Waals surface area contributed by atoms with Gasteiger partial charge in [0.2, 0.25) is 0 Å². The van der Waals surface area contributed by atoms with Gasteiger partial charge in [-0.05, 0) is 18.6 Å². The molecule has 0 radical (unpaired) electrons. The Morgan fingerprint density at radius 2 is 2.20 bits per heavy atom. The van der Waals surface area contributed by atoms with E-state index in [9.17, 15) is 0 Å². The van der Waals surface area contributed by atoms with Crippen LogP contribution in [0.25, 0.3) is 0 Å². The minimum atomic E-state index is 0. The van der Waals surface area contributed by atoms with E-state index in [4.69, 9.17) is 15.2 Å². The number of methoxy groups -OCH3 is 1. The minimum absolute atomic E-state index is 0. The molecule has 1 atom stereocenters. The first kappa shape index (κ1) is 12.1. The zero-order chi connectivity index (χ0) is 10.1. The van der Waals surface area contributed by atoms with Gasteiger partial charge in [0.1, 0.15) is 0 Å². The molecule has 0 fully saturated rings. The predicted octanol–water partition coefficient (Wildman–Crippen LogP) is 2.21. The van der Waals surface area contributed by atoms with Crippen LogP contribution in [0.1, 0.15) is 23.6 Å². The minimum Gasteiger partial charge on any atom is -0.493 e. The van der Waals surface area contributed by atoms with Gasteiger partial charge in [0.05, 0.1) is 13.7 Å². The molecule has 2 N–H and O–H groups in total. The lowest BCUT2D eigenvalue weighted by Gasteiger charge is -2.25. The summed E-state index contributed by atoms with van der Waals surface area (Å²) in [6.07, 6.45) is 0.875. The fourth-order valence-corrected chi connectivity index (χ4v) is 1.79. The molecule has 0 aromatic heterocycles. The normalized spacial score (nSPS) is 18.5. The van der Waals surface area contributed by atoms with Crippen molar-refractivity contribution in [3.63, 3.8) is 0 Å². The van der Waals surface area contributed by atoms with Crippen molar-refractivity contribution < 1.29 is 9.47 Å². The lowest BCUT2D eigenvalue weighted by atomic mass is 9.99. The topological polar surface area (TPSA) is 44.5 Å². The van der Waals surface area contributed by atoms with Crippen LogP contribution in [0.2, 0.25) is 0 Å². The fraction of sp³-hybridized carbons (Fsp3) is 0.455. The van der Waals surface area contributed by atoms with Gasteiger partial charge in [0.15, 0.2) is 11.5 Å². The molecule has 1 aliphatic rings. The molecule has 0 unspecified atom stereocenters. The molecule has 1 heterocycles. The molecule has 1 aromatic rings. The van der Waals surface area contributed by atoms with Crippen LogP contribution in [-0.4, -0.2) is 13.7 Å². The summed E-state index contributed by atoms with van der Waals surface area (Å²) in [5.41, 5.74) is 8.22. The molecule has 0 spiro atoms. The predicted molar refractivity (Wildman–Crippen MR) is 62.0 cm³/mol. The molecule has 84 valence electrons. The van der Waals surface area contributed by atoms with Crippen molar-refractivity contribution in [3.8, 4) is 11.5 Å². The van der Waals surface area contributed by atoms with E-state index >= 15 is 0 Å².